The fourth-order valence-electron chi connectivity index (χ4n) is 1.47. The number of methoxy groups -OCH3 is 2. The lowest BCUT2D eigenvalue weighted by atomic mass is 10.2. The molecule has 16 heavy (non-hydrogen) atoms. The molecule has 84 valence electrons. The van der Waals surface area contributed by atoms with Crippen LogP contribution in [0.15, 0.2) is 23.2 Å². The number of benzene rings is 1. The van der Waals surface area contributed by atoms with Crippen molar-refractivity contribution in [3.05, 3.63) is 23.8 Å². The molecule has 0 saturated heterocycles. The number of carbonyl (C=O) groups is 1. The van der Waals surface area contributed by atoms with Crippen molar-refractivity contribution in [2.45, 2.75) is 0 Å². The number of amidine groups is 1. The number of nitrogens with one attached hydrogen (secondary N) is 1. The third-order valence-corrected chi connectivity index (χ3v) is 2.26. The number of hydrogen-bond donors (Lipinski definition) is 1. The van der Waals surface area contributed by atoms with Crippen LogP contribution < -0.4 is 14.8 Å². The van der Waals surface area contributed by atoms with Crippen molar-refractivity contribution in [1.29, 1.82) is 0 Å². The monoisotopic (exact) mass is 220 g/mol. The van der Waals surface area contributed by atoms with Crippen LogP contribution >= 0.6 is 0 Å². The van der Waals surface area contributed by atoms with Crippen LogP contribution in [0.4, 0.5) is 0 Å². The molecule has 5 heteroatoms. The highest BCUT2D eigenvalue weighted by molar-refractivity contribution is 6.12. The summed E-state index contributed by atoms with van der Waals surface area (Å²) in [4.78, 5) is 15.1. The van der Waals surface area contributed by atoms with Crippen molar-refractivity contribution in [3.8, 4) is 11.5 Å². The van der Waals surface area contributed by atoms with Crippen molar-refractivity contribution >= 4 is 11.7 Å². The van der Waals surface area contributed by atoms with Gasteiger partial charge in [0, 0.05) is 11.6 Å². The molecular weight excluding hydrogens is 208 g/mol. The van der Waals surface area contributed by atoms with Crippen molar-refractivity contribution in [2.24, 2.45) is 4.99 Å². The molecular formula is C11H12N2O3. The Balaban J connectivity index is 2.36. The molecule has 0 radical (unpaired) electrons. The Morgan fingerprint density at radius 1 is 1.19 bits per heavy atom. The van der Waals surface area contributed by atoms with E-state index in [0.29, 0.717) is 17.3 Å². The van der Waals surface area contributed by atoms with Gasteiger partial charge in [-0.15, -0.1) is 0 Å². The summed E-state index contributed by atoms with van der Waals surface area (Å²) in [5, 5.41) is 2.67. The quantitative estimate of drug-likeness (QED) is 0.810. The van der Waals surface area contributed by atoms with Gasteiger partial charge in [0.15, 0.2) is 0 Å². The molecule has 0 unspecified atom stereocenters. The molecule has 5 nitrogen and oxygen atoms in total. The maximum atomic E-state index is 11.0. The number of amides is 1. The van der Waals surface area contributed by atoms with Gasteiger partial charge in [0.05, 0.1) is 14.2 Å². The second-order valence-corrected chi connectivity index (χ2v) is 3.31. The minimum atomic E-state index is -0.100. The zero-order chi connectivity index (χ0) is 11.5. The average molecular weight is 220 g/mol. The molecule has 1 aromatic carbocycles. The molecule has 0 aromatic heterocycles. The van der Waals surface area contributed by atoms with Gasteiger partial charge >= 0.3 is 0 Å². The summed E-state index contributed by atoms with van der Waals surface area (Å²) in [6, 6.07) is 5.36. The van der Waals surface area contributed by atoms with Gasteiger partial charge in [0.1, 0.15) is 23.9 Å². The molecule has 0 saturated carbocycles. The summed E-state index contributed by atoms with van der Waals surface area (Å²) in [6.45, 7) is 0.175. The summed E-state index contributed by atoms with van der Waals surface area (Å²) >= 11 is 0. The van der Waals surface area contributed by atoms with Crippen LogP contribution in [-0.2, 0) is 4.79 Å². The van der Waals surface area contributed by atoms with E-state index in [4.69, 9.17) is 9.47 Å². The molecule has 1 aliphatic rings. The zero-order valence-electron chi connectivity index (χ0n) is 9.11. The Morgan fingerprint density at radius 2 is 1.81 bits per heavy atom. The Bertz CT molecular complexity index is 432. The van der Waals surface area contributed by atoms with Gasteiger partial charge in [0.2, 0.25) is 5.91 Å². The molecule has 1 N–H and O–H groups in total. The normalized spacial score (nSPS) is 14.4. The summed E-state index contributed by atoms with van der Waals surface area (Å²) < 4.78 is 10.3. The molecule has 1 aromatic rings. The largest absolute Gasteiger partial charge is 0.497 e. The Hall–Kier alpha value is -2.04. The first-order valence-electron chi connectivity index (χ1n) is 4.80. The first-order valence-corrected chi connectivity index (χ1v) is 4.80. The van der Waals surface area contributed by atoms with Crippen LogP contribution in [0.1, 0.15) is 5.56 Å². The van der Waals surface area contributed by atoms with Crippen molar-refractivity contribution in [1.82, 2.24) is 5.32 Å². The zero-order valence-corrected chi connectivity index (χ0v) is 9.11. The summed E-state index contributed by atoms with van der Waals surface area (Å²) in [5.74, 6) is 1.79. The van der Waals surface area contributed by atoms with Crippen LogP contribution in [-0.4, -0.2) is 32.5 Å². The van der Waals surface area contributed by atoms with E-state index >= 15 is 0 Å². The number of nitrogens with zero attached hydrogens (tertiary/aromatic N) is 1. The molecule has 0 aliphatic carbocycles. The lowest BCUT2D eigenvalue weighted by Gasteiger charge is -2.08. The Kier molecular flexibility index (Phi) is 2.76. The molecule has 2 rings (SSSR count). The lowest BCUT2D eigenvalue weighted by molar-refractivity contribution is -0.117. The van der Waals surface area contributed by atoms with E-state index in [2.05, 4.69) is 10.3 Å². The van der Waals surface area contributed by atoms with E-state index in [0.717, 1.165) is 5.56 Å². The van der Waals surface area contributed by atoms with Gasteiger partial charge in [0.25, 0.3) is 0 Å². The standard InChI is InChI=1S/C11H12N2O3/c1-15-8-3-7(4-9(5-8)16-2)11-12-6-10(14)13-11/h3-5H,6H2,1-2H3,(H,12,13,14). The second-order valence-electron chi connectivity index (χ2n) is 3.31. The predicted molar refractivity (Wildman–Crippen MR) is 59.1 cm³/mol. The smallest absolute Gasteiger partial charge is 0.247 e. The molecule has 1 amide bonds. The first-order chi connectivity index (χ1) is 7.72. The summed E-state index contributed by atoms with van der Waals surface area (Å²) in [7, 11) is 3.15. The maximum Gasteiger partial charge on any atom is 0.247 e. The van der Waals surface area contributed by atoms with Gasteiger partial charge in [-0.3, -0.25) is 9.79 Å². The van der Waals surface area contributed by atoms with E-state index in [-0.39, 0.29) is 12.5 Å². The fourth-order valence-corrected chi connectivity index (χ4v) is 1.47. The number of rotatable bonds is 3. The number of aliphatic imine (C=N–C) groups is 1. The second kappa shape index (κ2) is 4.22. The van der Waals surface area contributed by atoms with E-state index in [9.17, 15) is 4.79 Å². The van der Waals surface area contributed by atoms with Gasteiger partial charge in [-0.25, -0.2) is 0 Å². The van der Waals surface area contributed by atoms with Crippen molar-refractivity contribution in [2.75, 3.05) is 20.8 Å². The SMILES string of the molecule is COc1cc(OC)cc(C2=NCC(=O)N2)c1. The van der Waals surface area contributed by atoms with Crippen LogP contribution in [0.3, 0.4) is 0 Å². The minimum Gasteiger partial charge on any atom is -0.497 e. The summed E-state index contributed by atoms with van der Waals surface area (Å²) in [5.41, 5.74) is 0.780. The van der Waals surface area contributed by atoms with Gasteiger partial charge in [-0.1, -0.05) is 0 Å². The molecule has 0 spiro atoms. The molecule has 0 fully saturated rings. The van der Waals surface area contributed by atoms with Gasteiger partial charge in [-0.2, -0.15) is 0 Å². The van der Waals surface area contributed by atoms with Crippen LogP contribution in [0.25, 0.3) is 0 Å². The van der Waals surface area contributed by atoms with Gasteiger partial charge in [-0.05, 0) is 12.1 Å². The van der Waals surface area contributed by atoms with Gasteiger partial charge < -0.3 is 14.8 Å². The fraction of sp³-hybridized carbons (Fsp3) is 0.273. The Morgan fingerprint density at radius 3 is 2.25 bits per heavy atom. The number of carbonyl (C=O) groups excluding carboxylic acids is 1. The topological polar surface area (TPSA) is 59.9 Å². The highest BCUT2D eigenvalue weighted by Crippen LogP contribution is 2.23. The molecule has 1 aliphatic heterocycles. The van der Waals surface area contributed by atoms with E-state index in [1.807, 2.05) is 0 Å². The molecule has 0 bridgehead atoms. The number of ether oxygens (including phenoxy) is 2. The minimum absolute atomic E-state index is 0.100. The maximum absolute atomic E-state index is 11.0. The Labute approximate surface area is 93.1 Å². The van der Waals surface area contributed by atoms with Crippen LogP contribution in [0.2, 0.25) is 0 Å². The van der Waals surface area contributed by atoms with E-state index in [1.165, 1.54) is 0 Å². The highest BCUT2D eigenvalue weighted by atomic mass is 16.5. The van der Waals surface area contributed by atoms with Crippen LogP contribution in [0.5, 0.6) is 11.5 Å². The van der Waals surface area contributed by atoms with E-state index in [1.54, 1.807) is 32.4 Å². The lowest BCUT2D eigenvalue weighted by Crippen LogP contribution is -2.25. The third kappa shape index (κ3) is 1.98. The van der Waals surface area contributed by atoms with Crippen LogP contribution in [0, 0.1) is 0 Å². The molecule has 0 atom stereocenters. The first kappa shape index (κ1) is 10.5. The average Bonchev–Trinajstić information content (AvgIpc) is 2.75. The van der Waals surface area contributed by atoms with Crippen molar-refractivity contribution < 1.29 is 14.3 Å². The van der Waals surface area contributed by atoms with Crippen molar-refractivity contribution in [3.63, 3.8) is 0 Å². The number of hydrogen-bond acceptors (Lipinski definition) is 4. The third-order valence-electron chi connectivity index (χ3n) is 2.26. The predicted octanol–water partition coefficient (Wildman–Crippen LogP) is 0.580. The van der Waals surface area contributed by atoms with E-state index < -0.39 is 0 Å². The molecule has 1 heterocycles. The highest BCUT2D eigenvalue weighted by Gasteiger charge is 2.16. The summed E-state index contributed by atoms with van der Waals surface area (Å²) in [6.07, 6.45) is 0.